The van der Waals surface area contributed by atoms with E-state index in [1.807, 2.05) is 6.92 Å². The number of halogens is 2. The van der Waals surface area contributed by atoms with Crippen LogP contribution in [-0.4, -0.2) is 11.5 Å². The molecular formula is C15H18F2N2S. The lowest BCUT2D eigenvalue weighted by atomic mass is 10.2. The van der Waals surface area contributed by atoms with E-state index in [1.54, 1.807) is 0 Å². The molecule has 0 amide bonds. The Morgan fingerprint density at radius 2 is 2.10 bits per heavy atom. The maximum Gasteiger partial charge on any atom is 0.136 e. The maximum absolute atomic E-state index is 13.8. The van der Waals surface area contributed by atoms with Gasteiger partial charge in [-0.25, -0.2) is 13.8 Å². The predicted molar refractivity (Wildman–Crippen MR) is 78.9 cm³/mol. The molecule has 1 aromatic carbocycles. The topological polar surface area (TPSA) is 24.9 Å². The number of aryl methyl sites for hydroxylation is 1. The van der Waals surface area contributed by atoms with Gasteiger partial charge in [0.2, 0.25) is 0 Å². The second kappa shape index (κ2) is 6.41. The van der Waals surface area contributed by atoms with Crippen molar-refractivity contribution in [3.63, 3.8) is 0 Å². The summed E-state index contributed by atoms with van der Waals surface area (Å²) >= 11 is 1.46. The van der Waals surface area contributed by atoms with E-state index in [-0.39, 0.29) is 6.04 Å². The molecule has 0 aliphatic carbocycles. The number of hydrogen-bond acceptors (Lipinski definition) is 3. The third kappa shape index (κ3) is 3.22. The molecule has 0 spiro atoms. The lowest BCUT2D eigenvalue weighted by molar-refractivity contribution is 0.575. The number of aromatic nitrogens is 1. The smallest absolute Gasteiger partial charge is 0.136 e. The van der Waals surface area contributed by atoms with Crippen LogP contribution in [0.15, 0.2) is 18.2 Å². The van der Waals surface area contributed by atoms with Crippen molar-refractivity contribution in [2.75, 3.05) is 6.54 Å². The summed E-state index contributed by atoms with van der Waals surface area (Å²) in [5, 5.41) is 3.99. The Hall–Kier alpha value is -1.33. The zero-order valence-corrected chi connectivity index (χ0v) is 12.7. The van der Waals surface area contributed by atoms with Crippen molar-refractivity contribution in [3.05, 3.63) is 40.4 Å². The van der Waals surface area contributed by atoms with Crippen molar-refractivity contribution < 1.29 is 8.78 Å². The molecule has 1 aromatic heterocycles. The van der Waals surface area contributed by atoms with E-state index in [2.05, 4.69) is 24.1 Å². The first-order valence-corrected chi connectivity index (χ1v) is 7.50. The van der Waals surface area contributed by atoms with Crippen LogP contribution < -0.4 is 5.32 Å². The molecule has 1 unspecified atom stereocenters. The Labute approximate surface area is 121 Å². The third-order valence-corrected chi connectivity index (χ3v) is 4.46. The number of nitrogens with zero attached hydrogens (tertiary/aromatic N) is 1. The highest BCUT2D eigenvalue weighted by atomic mass is 32.1. The molecule has 20 heavy (non-hydrogen) atoms. The van der Waals surface area contributed by atoms with E-state index in [0.717, 1.165) is 29.6 Å². The Bertz CT molecular complexity index is 596. The van der Waals surface area contributed by atoms with Crippen LogP contribution in [0.2, 0.25) is 0 Å². The predicted octanol–water partition coefficient (Wildman–Crippen LogP) is 4.46. The molecule has 5 heteroatoms. The first-order chi connectivity index (χ1) is 9.52. The summed E-state index contributed by atoms with van der Waals surface area (Å²) in [6, 6.07) is 3.78. The molecule has 0 fully saturated rings. The second-order valence-electron chi connectivity index (χ2n) is 4.77. The van der Waals surface area contributed by atoms with Crippen molar-refractivity contribution in [1.82, 2.24) is 10.3 Å². The van der Waals surface area contributed by atoms with Crippen LogP contribution in [0.5, 0.6) is 0 Å². The molecule has 108 valence electrons. The maximum atomic E-state index is 13.8. The molecule has 0 aliphatic heterocycles. The van der Waals surface area contributed by atoms with Gasteiger partial charge in [0.15, 0.2) is 0 Å². The highest BCUT2D eigenvalue weighted by Crippen LogP contribution is 2.33. The van der Waals surface area contributed by atoms with Gasteiger partial charge in [0.05, 0.1) is 5.69 Å². The summed E-state index contributed by atoms with van der Waals surface area (Å²) < 4.78 is 26.7. The molecule has 1 heterocycles. The number of thiazole rings is 1. The lowest BCUT2D eigenvalue weighted by Gasteiger charge is -2.11. The van der Waals surface area contributed by atoms with Gasteiger partial charge in [-0.15, -0.1) is 11.3 Å². The summed E-state index contributed by atoms with van der Waals surface area (Å²) in [6.45, 7) is 7.03. The van der Waals surface area contributed by atoms with Crippen molar-refractivity contribution in [3.8, 4) is 10.6 Å². The highest BCUT2D eigenvalue weighted by Gasteiger charge is 2.17. The monoisotopic (exact) mass is 296 g/mol. The summed E-state index contributed by atoms with van der Waals surface area (Å²) in [5.41, 5.74) is 1.25. The minimum Gasteiger partial charge on any atom is -0.309 e. The van der Waals surface area contributed by atoms with Gasteiger partial charge < -0.3 is 5.32 Å². The van der Waals surface area contributed by atoms with Gasteiger partial charge in [0, 0.05) is 22.5 Å². The zero-order chi connectivity index (χ0) is 14.7. The van der Waals surface area contributed by atoms with E-state index < -0.39 is 11.6 Å². The first-order valence-electron chi connectivity index (χ1n) is 6.69. The largest absolute Gasteiger partial charge is 0.309 e. The summed E-state index contributed by atoms with van der Waals surface area (Å²) in [6.07, 6.45) is 1.06. The van der Waals surface area contributed by atoms with Crippen molar-refractivity contribution in [2.45, 2.75) is 33.2 Å². The lowest BCUT2D eigenvalue weighted by Crippen LogP contribution is -2.18. The molecule has 0 saturated carbocycles. The van der Waals surface area contributed by atoms with Gasteiger partial charge in [-0.2, -0.15) is 0 Å². The molecule has 2 rings (SSSR count). The number of hydrogen-bond donors (Lipinski definition) is 1. The molecule has 0 bridgehead atoms. The van der Waals surface area contributed by atoms with E-state index in [0.29, 0.717) is 10.6 Å². The molecule has 0 saturated heterocycles. The Morgan fingerprint density at radius 3 is 2.75 bits per heavy atom. The van der Waals surface area contributed by atoms with Gasteiger partial charge in [-0.05, 0) is 38.9 Å². The van der Waals surface area contributed by atoms with Gasteiger partial charge in [0.1, 0.15) is 16.6 Å². The van der Waals surface area contributed by atoms with E-state index in [4.69, 9.17) is 0 Å². The average Bonchev–Trinajstić information content (AvgIpc) is 2.78. The molecule has 2 nitrogen and oxygen atoms in total. The SMILES string of the molecule is CCCNC(C)c1sc(-c2ccc(F)cc2F)nc1C. The van der Waals surface area contributed by atoms with Gasteiger partial charge in [0.25, 0.3) is 0 Å². The number of rotatable bonds is 5. The standard InChI is InChI=1S/C15H18F2N2S/c1-4-7-18-9(2)14-10(3)19-15(20-14)12-6-5-11(16)8-13(12)17/h5-6,8-9,18H,4,7H2,1-3H3. The summed E-state index contributed by atoms with van der Waals surface area (Å²) in [7, 11) is 0. The van der Waals surface area contributed by atoms with E-state index in [1.165, 1.54) is 23.5 Å². The zero-order valence-electron chi connectivity index (χ0n) is 11.8. The van der Waals surface area contributed by atoms with Crippen LogP contribution in [0.1, 0.15) is 36.9 Å². The van der Waals surface area contributed by atoms with Crippen LogP contribution >= 0.6 is 11.3 Å². The van der Waals surface area contributed by atoms with Crippen molar-refractivity contribution in [1.29, 1.82) is 0 Å². The molecule has 2 aromatic rings. The Balaban J connectivity index is 2.30. The summed E-state index contributed by atoms with van der Waals surface area (Å²) in [4.78, 5) is 5.51. The quantitative estimate of drug-likeness (QED) is 0.881. The van der Waals surface area contributed by atoms with E-state index in [9.17, 15) is 8.78 Å². The number of nitrogens with one attached hydrogen (secondary N) is 1. The van der Waals surface area contributed by atoms with Crippen LogP contribution in [0.25, 0.3) is 10.6 Å². The van der Waals surface area contributed by atoms with Crippen LogP contribution in [-0.2, 0) is 0 Å². The molecule has 1 atom stereocenters. The molecule has 1 N–H and O–H groups in total. The van der Waals surface area contributed by atoms with Crippen molar-refractivity contribution in [2.24, 2.45) is 0 Å². The Morgan fingerprint density at radius 1 is 1.35 bits per heavy atom. The number of benzene rings is 1. The Kier molecular flexibility index (Phi) is 4.83. The highest BCUT2D eigenvalue weighted by molar-refractivity contribution is 7.15. The fraction of sp³-hybridized carbons (Fsp3) is 0.400. The summed E-state index contributed by atoms with van der Waals surface area (Å²) in [5.74, 6) is -1.14. The van der Waals surface area contributed by atoms with E-state index >= 15 is 0 Å². The van der Waals surface area contributed by atoms with Gasteiger partial charge >= 0.3 is 0 Å². The minimum absolute atomic E-state index is 0.185. The van der Waals surface area contributed by atoms with Crippen LogP contribution in [0, 0.1) is 18.6 Å². The van der Waals surface area contributed by atoms with Crippen LogP contribution in [0.3, 0.4) is 0 Å². The van der Waals surface area contributed by atoms with Crippen molar-refractivity contribution >= 4 is 11.3 Å². The van der Waals surface area contributed by atoms with Crippen LogP contribution in [0.4, 0.5) is 8.78 Å². The fourth-order valence-electron chi connectivity index (χ4n) is 2.04. The molecular weight excluding hydrogens is 278 g/mol. The molecule has 0 aliphatic rings. The fourth-order valence-corrected chi connectivity index (χ4v) is 3.16. The van der Waals surface area contributed by atoms with Gasteiger partial charge in [-0.1, -0.05) is 6.92 Å². The normalized spacial score (nSPS) is 12.7. The molecule has 0 radical (unpaired) electrons. The first kappa shape index (κ1) is 15.1. The third-order valence-electron chi connectivity index (χ3n) is 3.09. The second-order valence-corrected chi connectivity index (χ2v) is 5.80. The average molecular weight is 296 g/mol. The minimum atomic E-state index is -0.572. The van der Waals surface area contributed by atoms with Gasteiger partial charge in [-0.3, -0.25) is 0 Å².